The first-order chi connectivity index (χ1) is 5.33. The summed E-state index contributed by atoms with van der Waals surface area (Å²) >= 11 is 2.03. The second kappa shape index (κ2) is 2.63. The molecule has 1 aliphatic carbocycles. The smallest absolute Gasteiger partial charge is 0.00830 e. The van der Waals surface area contributed by atoms with Crippen molar-refractivity contribution in [1.29, 1.82) is 0 Å². The lowest BCUT2D eigenvalue weighted by Crippen LogP contribution is -1.85. The van der Waals surface area contributed by atoms with Crippen molar-refractivity contribution in [1.82, 2.24) is 0 Å². The summed E-state index contributed by atoms with van der Waals surface area (Å²) in [6.45, 7) is 4.54. The topological polar surface area (TPSA) is 0 Å². The van der Waals surface area contributed by atoms with Gasteiger partial charge in [-0.05, 0) is 43.7 Å². The van der Waals surface area contributed by atoms with Gasteiger partial charge >= 0.3 is 0 Å². The first-order valence-electron chi connectivity index (χ1n) is 4.43. The zero-order valence-electron chi connectivity index (χ0n) is 7.24. The van der Waals surface area contributed by atoms with Crippen molar-refractivity contribution < 1.29 is 0 Å². The molecule has 0 N–H and O–H groups in total. The van der Waals surface area contributed by atoms with Crippen LogP contribution in [0.2, 0.25) is 0 Å². The summed E-state index contributed by atoms with van der Waals surface area (Å²) in [6, 6.07) is 0. The Labute approximate surface area is 72.3 Å². The highest BCUT2D eigenvalue weighted by Crippen LogP contribution is 2.34. The van der Waals surface area contributed by atoms with E-state index >= 15 is 0 Å². The number of rotatable bonds is 1. The summed E-state index contributed by atoms with van der Waals surface area (Å²) < 4.78 is 0. The zero-order chi connectivity index (χ0) is 7.84. The van der Waals surface area contributed by atoms with Crippen LogP contribution in [-0.2, 0) is 19.3 Å². The van der Waals surface area contributed by atoms with Gasteiger partial charge in [-0.15, -0.1) is 11.3 Å². The summed E-state index contributed by atoms with van der Waals surface area (Å²) in [4.78, 5) is 3.25. The molecule has 2 rings (SSSR count). The highest BCUT2D eigenvalue weighted by Gasteiger charge is 2.18. The second-order valence-electron chi connectivity index (χ2n) is 3.25. The van der Waals surface area contributed by atoms with E-state index in [4.69, 9.17) is 0 Å². The van der Waals surface area contributed by atoms with E-state index < -0.39 is 0 Å². The van der Waals surface area contributed by atoms with Gasteiger partial charge in [-0.1, -0.05) is 6.92 Å². The average molecular weight is 166 g/mol. The third kappa shape index (κ3) is 1.02. The van der Waals surface area contributed by atoms with Crippen molar-refractivity contribution in [2.45, 2.75) is 39.5 Å². The summed E-state index contributed by atoms with van der Waals surface area (Å²) in [5.74, 6) is 0. The predicted octanol–water partition coefficient (Wildman–Crippen LogP) is 3.11. The van der Waals surface area contributed by atoms with Gasteiger partial charge < -0.3 is 0 Å². The molecule has 0 fully saturated rings. The molecule has 11 heavy (non-hydrogen) atoms. The van der Waals surface area contributed by atoms with Crippen LogP contribution in [0.25, 0.3) is 0 Å². The minimum Gasteiger partial charge on any atom is -0.145 e. The maximum Gasteiger partial charge on any atom is 0.00830 e. The van der Waals surface area contributed by atoms with E-state index in [0.29, 0.717) is 0 Å². The van der Waals surface area contributed by atoms with Crippen LogP contribution in [0.15, 0.2) is 0 Å². The maximum atomic E-state index is 2.27. The van der Waals surface area contributed by atoms with E-state index in [1.54, 1.807) is 20.9 Å². The fourth-order valence-corrected chi connectivity index (χ4v) is 3.42. The maximum absolute atomic E-state index is 2.27. The molecule has 0 radical (unpaired) electrons. The quantitative estimate of drug-likeness (QED) is 0.601. The molecule has 0 saturated carbocycles. The summed E-state index contributed by atoms with van der Waals surface area (Å²) in [5.41, 5.74) is 3.36. The fraction of sp³-hybridized carbons (Fsp3) is 0.600. The predicted molar refractivity (Wildman–Crippen MR) is 50.5 cm³/mol. The molecule has 0 aliphatic heterocycles. The monoisotopic (exact) mass is 166 g/mol. The first kappa shape index (κ1) is 7.35. The molecular formula is C10H14S. The van der Waals surface area contributed by atoms with E-state index in [-0.39, 0.29) is 0 Å². The van der Waals surface area contributed by atoms with E-state index in [2.05, 4.69) is 13.8 Å². The lowest BCUT2D eigenvalue weighted by Gasteiger charge is -1.97. The first-order valence-corrected chi connectivity index (χ1v) is 5.24. The van der Waals surface area contributed by atoms with Gasteiger partial charge in [-0.2, -0.15) is 0 Å². The van der Waals surface area contributed by atoms with Gasteiger partial charge in [-0.3, -0.25) is 0 Å². The van der Waals surface area contributed by atoms with Crippen LogP contribution < -0.4 is 0 Å². The van der Waals surface area contributed by atoms with E-state index in [9.17, 15) is 0 Å². The Balaban J connectivity index is 2.52. The van der Waals surface area contributed by atoms with Crippen LogP contribution in [-0.4, -0.2) is 0 Å². The molecule has 0 nitrogen and oxygen atoms in total. The standard InChI is InChI=1S/C10H14S/c1-3-8-7(2)11-10-6-4-5-9(8)10/h3-6H2,1-2H3. The molecule has 1 heteroatoms. The van der Waals surface area contributed by atoms with E-state index in [0.717, 1.165) is 0 Å². The van der Waals surface area contributed by atoms with Crippen LogP contribution in [0.1, 0.15) is 34.2 Å². The van der Waals surface area contributed by atoms with Gasteiger partial charge in [0.2, 0.25) is 0 Å². The van der Waals surface area contributed by atoms with Crippen LogP contribution >= 0.6 is 11.3 Å². The lowest BCUT2D eigenvalue weighted by atomic mass is 10.1. The highest BCUT2D eigenvalue weighted by atomic mass is 32.1. The minimum atomic E-state index is 1.23. The Morgan fingerprint density at radius 1 is 1.36 bits per heavy atom. The SMILES string of the molecule is CCc1c(C)sc2c1CCC2. The molecular weight excluding hydrogens is 152 g/mol. The fourth-order valence-electron chi connectivity index (χ4n) is 2.07. The Bertz CT molecular complexity index is 271. The van der Waals surface area contributed by atoms with Gasteiger partial charge in [0.25, 0.3) is 0 Å². The third-order valence-corrected chi connectivity index (χ3v) is 3.84. The lowest BCUT2D eigenvalue weighted by molar-refractivity contribution is 0.904. The molecule has 0 spiro atoms. The minimum absolute atomic E-state index is 1.23. The molecule has 60 valence electrons. The molecule has 0 unspecified atom stereocenters. The van der Waals surface area contributed by atoms with Crippen LogP contribution in [0, 0.1) is 6.92 Å². The largest absolute Gasteiger partial charge is 0.145 e. The molecule has 1 aromatic heterocycles. The molecule has 0 amide bonds. The van der Waals surface area contributed by atoms with Crippen molar-refractivity contribution >= 4 is 11.3 Å². The highest BCUT2D eigenvalue weighted by molar-refractivity contribution is 7.12. The van der Waals surface area contributed by atoms with Crippen molar-refractivity contribution in [3.63, 3.8) is 0 Å². The Morgan fingerprint density at radius 2 is 2.18 bits per heavy atom. The average Bonchev–Trinajstić information content (AvgIpc) is 2.46. The number of fused-ring (bicyclic) bond motifs is 1. The summed E-state index contributed by atoms with van der Waals surface area (Å²) in [6.07, 6.45) is 5.33. The van der Waals surface area contributed by atoms with Crippen LogP contribution in [0.4, 0.5) is 0 Å². The number of hydrogen-bond donors (Lipinski definition) is 0. The van der Waals surface area contributed by atoms with Gasteiger partial charge in [0, 0.05) is 9.75 Å². The van der Waals surface area contributed by atoms with Gasteiger partial charge in [0.05, 0.1) is 0 Å². The third-order valence-electron chi connectivity index (χ3n) is 2.59. The Morgan fingerprint density at radius 3 is 2.91 bits per heavy atom. The van der Waals surface area contributed by atoms with Gasteiger partial charge in [0.15, 0.2) is 0 Å². The van der Waals surface area contributed by atoms with Crippen molar-refractivity contribution in [2.75, 3.05) is 0 Å². The Kier molecular flexibility index (Phi) is 1.76. The van der Waals surface area contributed by atoms with Gasteiger partial charge in [-0.25, -0.2) is 0 Å². The summed E-state index contributed by atoms with van der Waals surface area (Å²) in [7, 11) is 0. The van der Waals surface area contributed by atoms with E-state index in [1.165, 1.54) is 25.7 Å². The zero-order valence-corrected chi connectivity index (χ0v) is 8.05. The molecule has 1 heterocycles. The van der Waals surface area contributed by atoms with E-state index in [1.807, 2.05) is 11.3 Å². The number of thiophene rings is 1. The molecule has 0 atom stereocenters. The molecule has 0 bridgehead atoms. The normalized spacial score (nSPS) is 15.5. The number of hydrogen-bond acceptors (Lipinski definition) is 1. The molecule has 1 aliphatic rings. The van der Waals surface area contributed by atoms with Crippen LogP contribution in [0.3, 0.4) is 0 Å². The van der Waals surface area contributed by atoms with Crippen LogP contribution in [0.5, 0.6) is 0 Å². The Hall–Kier alpha value is -0.300. The second-order valence-corrected chi connectivity index (χ2v) is 4.55. The van der Waals surface area contributed by atoms with Crippen molar-refractivity contribution in [2.24, 2.45) is 0 Å². The van der Waals surface area contributed by atoms with Gasteiger partial charge in [0.1, 0.15) is 0 Å². The molecule has 0 aromatic carbocycles. The molecule has 1 aromatic rings. The van der Waals surface area contributed by atoms with Crippen molar-refractivity contribution in [3.05, 3.63) is 20.9 Å². The molecule has 0 saturated heterocycles. The van der Waals surface area contributed by atoms with Crippen molar-refractivity contribution in [3.8, 4) is 0 Å². The number of aryl methyl sites for hydroxylation is 2. The summed E-state index contributed by atoms with van der Waals surface area (Å²) in [5, 5.41) is 0.